The number of aliphatic hydroxyl groups excluding tert-OH is 2. The quantitative estimate of drug-likeness (QED) is 0.213. The molecule has 0 radical (unpaired) electrons. The third-order valence-corrected chi connectivity index (χ3v) is 2.97. The number of nitrogens with one attached hydrogen (secondary N) is 2. The minimum Gasteiger partial charge on any atom is -0.389 e. The Balaban J connectivity index is 4.25. The summed E-state index contributed by atoms with van der Waals surface area (Å²) in [6.45, 7) is -1.08. The van der Waals surface area contributed by atoms with Crippen molar-refractivity contribution in [3.63, 3.8) is 0 Å². The van der Waals surface area contributed by atoms with Crippen molar-refractivity contribution in [2.45, 2.75) is 12.2 Å². The van der Waals surface area contributed by atoms with Crippen LogP contribution in [-0.2, 0) is 0 Å². The van der Waals surface area contributed by atoms with Gasteiger partial charge in [-0.05, 0) is 0 Å². The smallest absolute Gasteiger partial charge is 0.340 e. The maximum absolute atomic E-state index is 11.5. The molecule has 0 rings (SSSR count). The molecule has 0 bridgehead atoms. The molecule has 0 aromatic carbocycles. The van der Waals surface area contributed by atoms with Gasteiger partial charge in [0.05, 0.1) is 35.9 Å². The maximum Gasteiger partial charge on any atom is 0.340 e. The zero-order valence-electron chi connectivity index (χ0n) is 12.5. The third kappa shape index (κ3) is 8.19. The lowest BCUT2D eigenvalue weighted by Crippen LogP contribution is -2.48. The normalized spacial score (nSPS) is 12.7. The Hall–Kier alpha value is -1.76. The number of hydrogen-bond donors (Lipinski definition) is 4. The molecule has 2 atom stereocenters. The molecular formula is C10H18Cl2N6O6. The van der Waals surface area contributed by atoms with Gasteiger partial charge in [-0.15, -0.1) is 33.0 Å². The van der Waals surface area contributed by atoms with Crippen molar-refractivity contribution >= 4 is 35.3 Å². The highest BCUT2D eigenvalue weighted by molar-refractivity contribution is 6.18. The maximum atomic E-state index is 11.5. The number of urea groups is 2. The standard InChI is InChI=1S/C10H18Cl2N6O6/c11-1-3-17(15-23)9(21)13-5-7(19)8(20)6-14-10(22)18(16-24)4-2-12/h7-8,19-20H,1-6H2,(H,13,21)(H,14,22)/t7-,8+. The lowest BCUT2D eigenvalue weighted by Gasteiger charge is -2.21. The van der Waals surface area contributed by atoms with E-state index in [1.165, 1.54) is 0 Å². The fraction of sp³-hybridized carbons (Fsp3) is 0.800. The second kappa shape index (κ2) is 12.6. The van der Waals surface area contributed by atoms with Crippen LogP contribution in [0.2, 0.25) is 0 Å². The van der Waals surface area contributed by atoms with E-state index in [-0.39, 0.29) is 24.8 Å². The molecule has 0 unspecified atom stereocenters. The molecule has 0 aromatic heterocycles. The van der Waals surface area contributed by atoms with Crippen molar-refractivity contribution in [1.82, 2.24) is 20.7 Å². The fourth-order valence-corrected chi connectivity index (χ4v) is 1.68. The van der Waals surface area contributed by atoms with Crippen LogP contribution in [0.5, 0.6) is 0 Å². The second-order valence-electron chi connectivity index (χ2n) is 4.29. The van der Waals surface area contributed by atoms with E-state index in [1.54, 1.807) is 0 Å². The molecule has 0 spiro atoms. The predicted octanol–water partition coefficient (Wildman–Crippen LogP) is -0.428. The van der Waals surface area contributed by atoms with Crippen molar-refractivity contribution in [2.75, 3.05) is 37.9 Å². The van der Waals surface area contributed by atoms with Crippen molar-refractivity contribution in [2.24, 2.45) is 10.6 Å². The number of aliphatic hydroxyl groups is 2. The monoisotopic (exact) mass is 388 g/mol. The summed E-state index contributed by atoms with van der Waals surface area (Å²) < 4.78 is 0. The van der Waals surface area contributed by atoms with Crippen molar-refractivity contribution in [1.29, 1.82) is 0 Å². The summed E-state index contributed by atoms with van der Waals surface area (Å²) in [5.41, 5.74) is 0. The Labute approximate surface area is 146 Å². The van der Waals surface area contributed by atoms with E-state index >= 15 is 0 Å². The molecule has 0 aliphatic carbocycles. The zero-order valence-corrected chi connectivity index (χ0v) is 14.0. The van der Waals surface area contributed by atoms with Crippen molar-refractivity contribution in [3.05, 3.63) is 9.81 Å². The van der Waals surface area contributed by atoms with Gasteiger partial charge in [0.25, 0.3) is 0 Å². The number of carbonyl (C=O) groups excluding carboxylic acids is 2. The molecule has 0 saturated carbocycles. The first-order valence-corrected chi connectivity index (χ1v) is 7.73. The number of rotatable bonds is 11. The van der Waals surface area contributed by atoms with Crippen LogP contribution in [0.15, 0.2) is 10.6 Å². The van der Waals surface area contributed by atoms with Gasteiger partial charge >= 0.3 is 12.1 Å². The number of amides is 4. The van der Waals surface area contributed by atoms with E-state index in [4.69, 9.17) is 23.2 Å². The molecule has 0 saturated heterocycles. The number of nitrogens with zero attached hydrogens (tertiary/aromatic N) is 4. The van der Waals surface area contributed by atoms with Gasteiger partial charge in [-0.1, -0.05) is 0 Å². The summed E-state index contributed by atoms with van der Waals surface area (Å²) >= 11 is 10.7. The molecule has 0 heterocycles. The molecular weight excluding hydrogens is 371 g/mol. The van der Waals surface area contributed by atoms with Gasteiger partial charge in [0, 0.05) is 24.8 Å². The lowest BCUT2D eigenvalue weighted by molar-refractivity contribution is 0.0225. The molecule has 0 aromatic rings. The Morgan fingerprint density at radius 3 is 1.46 bits per heavy atom. The fourth-order valence-electron chi connectivity index (χ4n) is 1.36. The first kappa shape index (κ1) is 22.2. The van der Waals surface area contributed by atoms with Crippen molar-refractivity contribution < 1.29 is 19.8 Å². The summed E-state index contributed by atoms with van der Waals surface area (Å²) in [6, 6.07) is -1.81. The van der Waals surface area contributed by atoms with Gasteiger partial charge in [0.1, 0.15) is 0 Å². The van der Waals surface area contributed by atoms with E-state index in [9.17, 15) is 29.6 Å². The SMILES string of the molecule is O=NN(CCCl)C(=O)NC[C@@H](O)[C@@H](O)CNC(=O)N(CCCl)N=O. The number of alkyl halides is 2. The van der Waals surface area contributed by atoms with Gasteiger partial charge in [0.15, 0.2) is 0 Å². The predicted molar refractivity (Wildman–Crippen MR) is 85.3 cm³/mol. The van der Waals surface area contributed by atoms with E-state index in [1.807, 2.05) is 0 Å². The highest BCUT2D eigenvalue weighted by atomic mass is 35.5. The molecule has 4 amide bonds. The van der Waals surface area contributed by atoms with Crippen molar-refractivity contribution in [3.8, 4) is 0 Å². The van der Waals surface area contributed by atoms with Gasteiger partial charge in [-0.2, -0.15) is 10.0 Å². The summed E-state index contributed by atoms with van der Waals surface area (Å²) in [5.74, 6) is -0.0279. The zero-order chi connectivity index (χ0) is 18.5. The molecule has 0 aliphatic rings. The topological polar surface area (TPSA) is 164 Å². The van der Waals surface area contributed by atoms with Crippen LogP contribution < -0.4 is 10.6 Å². The Morgan fingerprint density at radius 2 is 1.21 bits per heavy atom. The van der Waals surface area contributed by atoms with E-state index in [0.29, 0.717) is 10.0 Å². The van der Waals surface area contributed by atoms with E-state index in [0.717, 1.165) is 0 Å². The van der Waals surface area contributed by atoms with E-state index in [2.05, 4.69) is 21.2 Å². The van der Waals surface area contributed by atoms with Gasteiger partial charge in [0.2, 0.25) is 0 Å². The first-order chi connectivity index (χ1) is 11.4. The largest absolute Gasteiger partial charge is 0.389 e. The Bertz CT molecular complexity index is 393. The highest BCUT2D eigenvalue weighted by Crippen LogP contribution is 1.97. The highest BCUT2D eigenvalue weighted by Gasteiger charge is 2.21. The van der Waals surface area contributed by atoms with Crippen LogP contribution in [-0.4, -0.2) is 82.4 Å². The summed E-state index contributed by atoms with van der Waals surface area (Å²) in [5, 5.41) is 29.5. The molecule has 138 valence electrons. The number of carbonyl (C=O) groups is 2. The van der Waals surface area contributed by atoms with Gasteiger partial charge < -0.3 is 20.8 Å². The van der Waals surface area contributed by atoms with Crippen LogP contribution in [0, 0.1) is 9.81 Å². The van der Waals surface area contributed by atoms with Gasteiger partial charge in [-0.3, -0.25) is 0 Å². The molecule has 0 fully saturated rings. The minimum atomic E-state index is -1.45. The lowest BCUT2D eigenvalue weighted by atomic mass is 10.2. The summed E-state index contributed by atoms with van der Waals surface area (Å²) in [7, 11) is 0. The molecule has 14 heteroatoms. The number of hydrogen-bond acceptors (Lipinski definition) is 8. The van der Waals surface area contributed by atoms with Crippen LogP contribution in [0.4, 0.5) is 9.59 Å². The Kier molecular flexibility index (Phi) is 11.7. The van der Waals surface area contributed by atoms with Crippen LogP contribution in [0.3, 0.4) is 0 Å². The molecule has 24 heavy (non-hydrogen) atoms. The van der Waals surface area contributed by atoms with Crippen LogP contribution in [0.25, 0.3) is 0 Å². The molecule has 12 nitrogen and oxygen atoms in total. The first-order valence-electron chi connectivity index (χ1n) is 6.66. The average Bonchev–Trinajstić information content (AvgIpc) is 2.59. The van der Waals surface area contributed by atoms with Crippen LogP contribution >= 0.6 is 23.2 Å². The average molecular weight is 389 g/mol. The third-order valence-electron chi connectivity index (χ3n) is 2.63. The minimum absolute atomic E-state index is 0.0139. The number of nitroso groups, excluding NO2 is 2. The van der Waals surface area contributed by atoms with E-state index < -0.39 is 37.4 Å². The van der Waals surface area contributed by atoms with Gasteiger partial charge in [-0.25, -0.2) is 9.59 Å². The van der Waals surface area contributed by atoms with Crippen LogP contribution in [0.1, 0.15) is 0 Å². The second-order valence-corrected chi connectivity index (χ2v) is 5.05. The summed E-state index contributed by atoms with van der Waals surface area (Å²) in [6.07, 6.45) is -2.91. The molecule has 4 N–H and O–H groups in total. The summed E-state index contributed by atoms with van der Waals surface area (Å²) in [4.78, 5) is 43.8. The molecule has 0 aliphatic heterocycles. The number of halogens is 2. The Morgan fingerprint density at radius 1 is 0.875 bits per heavy atom.